The number of aromatic hydroxyl groups is 1. The van der Waals surface area contributed by atoms with Crippen LogP contribution in [0.4, 0.5) is 0 Å². The highest BCUT2D eigenvalue weighted by molar-refractivity contribution is 9.10. The number of carbonyl (C=O) groups is 1. The third-order valence-electron chi connectivity index (χ3n) is 5.00. The molecule has 0 heterocycles. The monoisotopic (exact) mass is 593 g/mol. The molecule has 0 fully saturated rings. The molecule has 174 valence electrons. The fourth-order valence-corrected chi connectivity index (χ4v) is 4.28. The van der Waals surface area contributed by atoms with Gasteiger partial charge in [0.1, 0.15) is 11.5 Å². The van der Waals surface area contributed by atoms with Crippen molar-refractivity contribution >= 4 is 71.8 Å². The van der Waals surface area contributed by atoms with Crippen molar-refractivity contribution in [1.29, 1.82) is 0 Å². The lowest BCUT2D eigenvalue weighted by atomic mass is 10.0. The number of carbonyl (C=O) groups excluding carboxylic acids is 1. The Morgan fingerprint density at radius 1 is 0.909 bits per heavy atom. The maximum atomic E-state index is 11.2. The summed E-state index contributed by atoms with van der Waals surface area (Å²) in [5, 5.41) is 14.0. The zero-order valence-corrected chi connectivity index (χ0v) is 22.8. The maximum absolute atomic E-state index is 11.2. The van der Waals surface area contributed by atoms with Crippen LogP contribution in [0.3, 0.4) is 0 Å². The molecule has 0 unspecified atom stereocenters. The topological polar surface area (TPSA) is 49.8 Å². The first kappa shape index (κ1) is 27.1. The van der Waals surface area contributed by atoms with Crippen molar-refractivity contribution in [2.45, 2.75) is 20.4 Å². The third kappa shape index (κ3) is 6.93. The van der Waals surface area contributed by atoms with Crippen LogP contribution >= 0.6 is 44.3 Å². The first-order valence-corrected chi connectivity index (χ1v) is 11.7. The van der Waals surface area contributed by atoms with Crippen molar-refractivity contribution in [3.8, 4) is 11.5 Å². The van der Waals surface area contributed by atoms with Crippen LogP contribution in [0, 0.1) is 6.92 Å². The minimum absolute atomic E-state index is 0. The van der Waals surface area contributed by atoms with E-state index in [9.17, 15) is 9.90 Å². The highest BCUT2D eigenvalue weighted by atomic mass is 79.9. The first-order chi connectivity index (χ1) is 15.2. The standard InChI is InChI=1S/C15H16BrNO2.C11H9BrO.ClH/c1-10(18)19-15-7-4-11-8-12(16)5-6-13(11)14(15)9-17(2)3;1-7-10-4-3-9(12)6-8(10)2-5-11(7)13;/h4-8H,9H2,1-3H3;2-6,13H,1H3;1H. The summed E-state index contributed by atoms with van der Waals surface area (Å²) in [6.07, 6.45) is 0. The van der Waals surface area contributed by atoms with Crippen LogP contribution in [-0.4, -0.2) is 30.1 Å². The molecule has 0 radical (unpaired) electrons. The number of hydrogen-bond donors (Lipinski definition) is 1. The van der Waals surface area contributed by atoms with Gasteiger partial charge < -0.3 is 14.7 Å². The van der Waals surface area contributed by atoms with Crippen molar-refractivity contribution in [2.75, 3.05) is 14.1 Å². The number of nitrogens with zero attached hydrogens (tertiary/aromatic N) is 1. The molecule has 0 aliphatic rings. The van der Waals surface area contributed by atoms with Crippen molar-refractivity contribution in [3.05, 3.63) is 80.7 Å². The second-order valence-electron chi connectivity index (χ2n) is 7.81. The molecule has 0 aliphatic carbocycles. The maximum Gasteiger partial charge on any atom is 0.308 e. The van der Waals surface area contributed by atoms with Gasteiger partial charge in [-0.3, -0.25) is 4.79 Å². The summed E-state index contributed by atoms with van der Waals surface area (Å²) < 4.78 is 7.41. The molecule has 33 heavy (non-hydrogen) atoms. The third-order valence-corrected chi connectivity index (χ3v) is 5.99. The van der Waals surface area contributed by atoms with E-state index in [4.69, 9.17) is 4.74 Å². The van der Waals surface area contributed by atoms with E-state index >= 15 is 0 Å². The number of fused-ring (bicyclic) bond motifs is 2. The van der Waals surface area contributed by atoms with Gasteiger partial charge in [0.05, 0.1) is 0 Å². The second-order valence-corrected chi connectivity index (χ2v) is 9.65. The predicted octanol–water partition coefficient (Wildman–Crippen LogP) is 7.63. The van der Waals surface area contributed by atoms with Gasteiger partial charge >= 0.3 is 5.97 Å². The Labute approximate surface area is 217 Å². The number of phenols is 1. The van der Waals surface area contributed by atoms with Crippen LogP contribution in [-0.2, 0) is 11.3 Å². The van der Waals surface area contributed by atoms with Crippen LogP contribution in [0.15, 0.2) is 69.6 Å². The Balaban J connectivity index is 0.000000241. The average molecular weight is 596 g/mol. The Hall–Kier alpha value is -2.12. The molecule has 4 rings (SSSR count). The number of phenolic OH excluding ortho intramolecular Hbond substituents is 1. The molecule has 0 atom stereocenters. The average Bonchev–Trinajstić information content (AvgIpc) is 2.72. The van der Waals surface area contributed by atoms with Crippen LogP contribution in [0.5, 0.6) is 11.5 Å². The minimum Gasteiger partial charge on any atom is -0.508 e. The molecule has 4 aromatic rings. The van der Waals surface area contributed by atoms with E-state index < -0.39 is 0 Å². The summed E-state index contributed by atoms with van der Waals surface area (Å²) in [4.78, 5) is 13.3. The molecular formula is C26H26Br2ClNO3. The van der Waals surface area contributed by atoms with E-state index in [1.165, 1.54) is 6.92 Å². The van der Waals surface area contributed by atoms with Gasteiger partial charge in [-0.05, 0) is 84.5 Å². The van der Waals surface area contributed by atoms with Crippen LogP contribution in [0.2, 0.25) is 0 Å². The molecule has 0 amide bonds. The van der Waals surface area contributed by atoms with Gasteiger partial charge in [0.2, 0.25) is 0 Å². The molecule has 0 spiro atoms. The number of esters is 1. The quantitative estimate of drug-likeness (QED) is 0.196. The van der Waals surface area contributed by atoms with E-state index in [1.54, 1.807) is 6.07 Å². The molecule has 0 saturated heterocycles. The SMILES string of the molecule is CC(=O)Oc1ccc2cc(Br)ccc2c1CN(C)C.Cc1c(O)ccc2cc(Br)ccc12.Cl. The number of hydrogen-bond acceptors (Lipinski definition) is 4. The van der Waals surface area contributed by atoms with E-state index in [0.29, 0.717) is 11.5 Å². The smallest absolute Gasteiger partial charge is 0.308 e. The molecule has 4 aromatic carbocycles. The largest absolute Gasteiger partial charge is 0.508 e. The van der Waals surface area contributed by atoms with E-state index in [-0.39, 0.29) is 18.4 Å². The summed E-state index contributed by atoms with van der Waals surface area (Å²) in [5.41, 5.74) is 1.97. The van der Waals surface area contributed by atoms with Crippen LogP contribution in [0.1, 0.15) is 18.1 Å². The van der Waals surface area contributed by atoms with E-state index in [0.717, 1.165) is 48.2 Å². The molecule has 0 aromatic heterocycles. The highest BCUT2D eigenvalue weighted by Gasteiger charge is 2.12. The lowest BCUT2D eigenvalue weighted by Crippen LogP contribution is -2.13. The summed E-state index contributed by atoms with van der Waals surface area (Å²) in [7, 11) is 3.99. The molecule has 0 aliphatic heterocycles. The van der Waals surface area contributed by atoms with Crippen molar-refractivity contribution in [1.82, 2.24) is 4.90 Å². The molecule has 7 heteroatoms. The van der Waals surface area contributed by atoms with Gasteiger partial charge in [-0.25, -0.2) is 0 Å². The zero-order valence-electron chi connectivity index (χ0n) is 18.9. The van der Waals surface area contributed by atoms with Gasteiger partial charge in [-0.2, -0.15) is 0 Å². The van der Waals surface area contributed by atoms with Gasteiger partial charge in [0, 0.05) is 28.0 Å². The number of rotatable bonds is 3. The van der Waals surface area contributed by atoms with Gasteiger partial charge in [-0.15, -0.1) is 12.4 Å². The zero-order chi connectivity index (χ0) is 23.4. The number of halogens is 3. The highest BCUT2D eigenvalue weighted by Crippen LogP contribution is 2.31. The molecule has 1 N–H and O–H groups in total. The summed E-state index contributed by atoms with van der Waals surface area (Å²) in [6.45, 7) is 4.07. The molecule has 4 nitrogen and oxygen atoms in total. The summed E-state index contributed by atoms with van der Waals surface area (Å²) in [5.74, 6) is 0.697. The Morgan fingerprint density at radius 2 is 1.45 bits per heavy atom. The van der Waals surface area contributed by atoms with Gasteiger partial charge in [-0.1, -0.05) is 56.1 Å². The first-order valence-electron chi connectivity index (χ1n) is 10.1. The number of ether oxygens (including phenoxy) is 1. The number of benzene rings is 4. The normalized spacial score (nSPS) is 10.5. The van der Waals surface area contributed by atoms with Crippen molar-refractivity contribution in [2.24, 2.45) is 0 Å². The summed E-state index contributed by atoms with van der Waals surface area (Å²) in [6, 6.07) is 19.6. The fourth-order valence-electron chi connectivity index (χ4n) is 3.52. The van der Waals surface area contributed by atoms with Crippen LogP contribution in [0.25, 0.3) is 21.5 Å². The number of aryl methyl sites for hydroxylation is 1. The minimum atomic E-state index is -0.295. The lowest BCUT2D eigenvalue weighted by Gasteiger charge is -2.16. The van der Waals surface area contributed by atoms with Crippen molar-refractivity contribution < 1.29 is 14.6 Å². The van der Waals surface area contributed by atoms with Crippen LogP contribution < -0.4 is 4.74 Å². The van der Waals surface area contributed by atoms with Gasteiger partial charge in [0.25, 0.3) is 0 Å². The summed E-state index contributed by atoms with van der Waals surface area (Å²) >= 11 is 6.88. The Bertz CT molecular complexity index is 1290. The molecule has 0 bridgehead atoms. The Kier molecular flexibility index (Phi) is 9.73. The van der Waals surface area contributed by atoms with Gasteiger partial charge in [0.15, 0.2) is 0 Å². The Morgan fingerprint density at radius 3 is 2.03 bits per heavy atom. The fraction of sp³-hybridized carbons (Fsp3) is 0.192. The van der Waals surface area contributed by atoms with E-state index in [1.807, 2.05) is 69.6 Å². The molecular weight excluding hydrogens is 570 g/mol. The van der Waals surface area contributed by atoms with E-state index in [2.05, 4.69) is 42.8 Å². The lowest BCUT2D eigenvalue weighted by molar-refractivity contribution is -0.131. The second kappa shape index (κ2) is 11.8. The molecule has 0 saturated carbocycles. The predicted molar refractivity (Wildman–Crippen MR) is 146 cm³/mol. The van der Waals surface area contributed by atoms with Crippen molar-refractivity contribution in [3.63, 3.8) is 0 Å².